The molecule has 7 nitrogen and oxygen atoms in total. The van der Waals surface area contributed by atoms with Crippen molar-refractivity contribution in [3.8, 4) is 22.9 Å². The molecule has 0 unspecified atom stereocenters. The molecule has 4 aromatic rings. The van der Waals surface area contributed by atoms with Crippen LogP contribution in [0.3, 0.4) is 0 Å². The van der Waals surface area contributed by atoms with Gasteiger partial charge >= 0.3 is 5.69 Å². The Kier molecular flexibility index (Phi) is 4.63. The summed E-state index contributed by atoms with van der Waals surface area (Å²) < 4.78 is 11.1. The molecule has 0 radical (unpaired) electrons. The molecule has 1 N–H and O–H groups in total. The van der Waals surface area contributed by atoms with Crippen LogP contribution in [0.15, 0.2) is 66.7 Å². The predicted molar refractivity (Wildman–Crippen MR) is 106 cm³/mol. The van der Waals surface area contributed by atoms with Crippen molar-refractivity contribution >= 4 is 16.7 Å². The zero-order valence-corrected chi connectivity index (χ0v) is 15.1. The normalized spacial score (nSPS) is 10.8. The Morgan fingerprint density at radius 3 is 2.54 bits per heavy atom. The van der Waals surface area contributed by atoms with E-state index in [0.717, 1.165) is 16.6 Å². The molecule has 1 heterocycles. The molecule has 0 bridgehead atoms. The number of nitro benzene ring substituents is 1. The van der Waals surface area contributed by atoms with Gasteiger partial charge in [0, 0.05) is 11.6 Å². The molecule has 0 saturated carbocycles. The summed E-state index contributed by atoms with van der Waals surface area (Å²) in [6.07, 6.45) is 0. The van der Waals surface area contributed by atoms with Gasteiger partial charge in [-0.1, -0.05) is 42.5 Å². The summed E-state index contributed by atoms with van der Waals surface area (Å²) in [4.78, 5) is 18.9. The number of aromatic amines is 1. The van der Waals surface area contributed by atoms with E-state index in [9.17, 15) is 10.1 Å². The second-order valence-electron chi connectivity index (χ2n) is 6.16. The van der Waals surface area contributed by atoms with Gasteiger partial charge < -0.3 is 14.5 Å². The topological polar surface area (TPSA) is 90.3 Å². The third-order valence-corrected chi connectivity index (χ3v) is 4.34. The molecule has 0 amide bonds. The highest BCUT2D eigenvalue weighted by molar-refractivity contribution is 5.80. The summed E-state index contributed by atoms with van der Waals surface area (Å²) in [6, 6.07) is 20.1. The minimum Gasteiger partial charge on any atom is -0.493 e. The molecule has 28 heavy (non-hydrogen) atoms. The van der Waals surface area contributed by atoms with E-state index in [2.05, 4.69) is 9.97 Å². The summed E-state index contributed by atoms with van der Waals surface area (Å²) in [5.74, 6) is 0.897. The van der Waals surface area contributed by atoms with Crippen LogP contribution in [0.5, 0.6) is 11.5 Å². The standard InChI is InChI=1S/C21H17N3O4/c1-27-19-12-15(21-22-16-9-5-6-10-17(16)23-21)11-18(24(25)26)20(19)28-13-14-7-3-2-4-8-14/h2-12H,13H2,1H3,(H,22,23). The van der Waals surface area contributed by atoms with Gasteiger partial charge in [-0.05, 0) is 23.8 Å². The fraction of sp³-hybridized carbons (Fsp3) is 0.0952. The molecule has 0 aliphatic carbocycles. The molecule has 0 aliphatic rings. The van der Waals surface area contributed by atoms with E-state index in [1.165, 1.54) is 13.2 Å². The lowest BCUT2D eigenvalue weighted by molar-refractivity contribution is -0.386. The van der Waals surface area contributed by atoms with Gasteiger partial charge in [-0.15, -0.1) is 0 Å². The first-order chi connectivity index (χ1) is 13.7. The number of hydrogen-bond donors (Lipinski definition) is 1. The number of ether oxygens (including phenoxy) is 2. The molecule has 7 heteroatoms. The molecule has 1 aromatic heterocycles. The highest BCUT2D eigenvalue weighted by atomic mass is 16.6. The van der Waals surface area contributed by atoms with Crippen molar-refractivity contribution in [2.45, 2.75) is 6.61 Å². The Morgan fingerprint density at radius 1 is 1.07 bits per heavy atom. The maximum Gasteiger partial charge on any atom is 0.315 e. The van der Waals surface area contributed by atoms with E-state index in [0.29, 0.717) is 11.4 Å². The van der Waals surface area contributed by atoms with Crippen LogP contribution in [0.2, 0.25) is 0 Å². The predicted octanol–water partition coefficient (Wildman–Crippen LogP) is 4.73. The number of nitro groups is 1. The molecule has 0 atom stereocenters. The van der Waals surface area contributed by atoms with Crippen molar-refractivity contribution < 1.29 is 14.4 Å². The number of benzene rings is 3. The van der Waals surface area contributed by atoms with Crippen molar-refractivity contribution in [3.05, 3.63) is 82.4 Å². The largest absolute Gasteiger partial charge is 0.493 e. The molecule has 0 fully saturated rings. The molecule has 4 rings (SSSR count). The van der Waals surface area contributed by atoms with Gasteiger partial charge in [0.1, 0.15) is 12.4 Å². The summed E-state index contributed by atoms with van der Waals surface area (Å²) in [7, 11) is 1.46. The van der Waals surface area contributed by atoms with Crippen molar-refractivity contribution in [1.29, 1.82) is 0 Å². The Morgan fingerprint density at radius 2 is 1.82 bits per heavy atom. The van der Waals surface area contributed by atoms with E-state index >= 15 is 0 Å². The Bertz CT molecular complexity index is 1110. The lowest BCUT2D eigenvalue weighted by Crippen LogP contribution is -2.02. The van der Waals surface area contributed by atoms with Gasteiger partial charge in [-0.25, -0.2) is 4.98 Å². The number of para-hydroxylation sites is 2. The van der Waals surface area contributed by atoms with Gasteiger partial charge in [-0.3, -0.25) is 10.1 Å². The van der Waals surface area contributed by atoms with Gasteiger partial charge in [-0.2, -0.15) is 0 Å². The molecule has 140 valence electrons. The number of nitrogens with zero attached hydrogens (tertiary/aromatic N) is 2. The number of methoxy groups -OCH3 is 1. The van der Waals surface area contributed by atoms with Crippen molar-refractivity contribution in [2.24, 2.45) is 0 Å². The van der Waals surface area contributed by atoms with Crippen LogP contribution in [0.4, 0.5) is 5.69 Å². The first-order valence-corrected chi connectivity index (χ1v) is 8.64. The smallest absolute Gasteiger partial charge is 0.315 e. The number of hydrogen-bond acceptors (Lipinski definition) is 5. The number of rotatable bonds is 6. The Hall–Kier alpha value is -3.87. The molecule has 0 aliphatic heterocycles. The summed E-state index contributed by atoms with van der Waals surface area (Å²) in [6.45, 7) is 0.196. The number of fused-ring (bicyclic) bond motifs is 1. The van der Waals surface area contributed by atoms with Crippen LogP contribution in [0, 0.1) is 10.1 Å². The van der Waals surface area contributed by atoms with Gasteiger partial charge in [0.2, 0.25) is 5.75 Å². The quantitative estimate of drug-likeness (QED) is 0.389. The monoisotopic (exact) mass is 375 g/mol. The lowest BCUT2D eigenvalue weighted by Gasteiger charge is -2.12. The average molecular weight is 375 g/mol. The first-order valence-electron chi connectivity index (χ1n) is 8.64. The SMILES string of the molecule is COc1cc(-c2nc3ccccc3[nH]2)cc([N+](=O)[O-])c1OCc1ccccc1. The molecular weight excluding hydrogens is 358 g/mol. The van der Waals surface area contributed by atoms with Crippen molar-refractivity contribution in [1.82, 2.24) is 9.97 Å². The summed E-state index contributed by atoms with van der Waals surface area (Å²) >= 11 is 0. The number of H-pyrrole nitrogens is 1. The van der Waals surface area contributed by atoms with E-state index < -0.39 is 4.92 Å². The molecular formula is C21H17N3O4. The van der Waals surface area contributed by atoms with Crippen LogP contribution in [-0.2, 0) is 6.61 Å². The minimum absolute atomic E-state index is 0.0937. The second-order valence-corrected chi connectivity index (χ2v) is 6.16. The highest BCUT2D eigenvalue weighted by Crippen LogP contribution is 2.41. The molecule has 0 spiro atoms. The third kappa shape index (κ3) is 3.37. The van der Waals surface area contributed by atoms with E-state index in [1.807, 2.05) is 54.6 Å². The van der Waals surface area contributed by atoms with Crippen LogP contribution < -0.4 is 9.47 Å². The van der Waals surface area contributed by atoms with Crippen LogP contribution in [0.25, 0.3) is 22.4 Å². The fourth-order valence-electron chi connectivity index (χ4n) is 2.98. The average Bonchev–Trinajstić information content (AvgIpc) is 3.16. The maximum absolute atomic E-state index is 11.7. The number of nitrogens with one attached hydrogen (secondary N) is 1. The maximum atomic E-state index is 11.7. The zero-order valence-electron chi connectivity index (χ0n) is 15.1. The minimum atomic E-state index is -0.477. The van der Waals surface area contributed by atoms with Gasteiger partial charge in [0.15, 0.2) is 5.75 Å². The second kappa shape index (κ2) is 7.40. The third-order valence-electron chi connectivity index (χ3n) is 4.34. The summed E-state index contributed by atoms with van der Waals surface area (Å²) in [5, 5.41) is 11.7. The number of imidazole rings is 1. The van der Waals surface area contributed by atoms with Gasteiger partial charge in [0.25, 0.3) is 0 Å². The van der Waals surface area contributed by atoms with E-state index in [4.69, 9.17) is 9.47 Å². The van der Waals surface area contributed by atoms with Gasteiger partial charge in [0.05, 0.1) is 23.1 Å². The Balaban J connectivity index is 1.75. The first kappa shape index (κ1) is 17.5. The summed E-state index contributed by atoms with van der Waals surface area (Å²) in [5.41, 5.74) is 2.91. The molecule has 0 saturated heterocycles. The fourth-order valence-corrected chi connectivity index (χ4v) is 2.98. The molecule has 3 aromatic carbocycles. The highest BCUT2D eigenvalue weighted by Gasteiger charge is 2.24. The lowest BCUT2D eigenvalue weighted by atomic mass is 10.1. The van der Waals surface area contributed by atoms with Crippen LogP contribution >= 0.6 is 0 Å². The van der Waals surface area contributed by atoms with Crippen molar-refractivity contribution in [3.63, 3.8) is 0 Å². The van der Waals surface area contributed by atoms with E-state index in [-0.39, 0.29) is 23.8 Å². The van der Waals surface area contributed by atoms with E-state index in [1.54, 1.807) is 6.07 Å². The van der Waals surface area contributed by atoms with Crippen LogP contribution in [-0.4, -0.2) is 22.0 Å². The van der Waals surface area contributed by atoms with Crippen molar-refractivity contribution in [2.75, 3.05) is 7.11 Å². The number of aromatic nitrogens is 2. The Labute approximate surface area is 160 Å². The van der Waals surface area contributed by atoms with Crippen LogP contribution in [0.1, 0.15) is 5.56 Å². The zero-order chi connectivity index (χ0) is 19.5.